The summed E-state index contributed by atoms with van der Waals surface area (Å²) in [7, 11) is 1.90. The fourth-order valence-electron chi connectivity index (χ4n) is 5.41. The maximum Gasteiger partial charge on any atom is 0.416 e. The molecule has 1 heterocycles. The molecule has 8 heteroatoms. The Morgan fingerprint density at radius 2 is 1.60 bits per heavy atom. The zero-order valence-electron chi connectivity index (χ0n) is 20.3. The minimum absolute atomic E-state index is 0. The molecule has 192 valence electrons. The molecule has 2 aromatic rings. The van der Waals surface area contributed by atoms with Gasteiger partial charge in [0, 0.05) is 52.0 Å². The Labute approximate surface area is 212 Å². The van der Waals surface area contributed by atoms with Gasteiger partial charge in [-0.05, 0) is 36.6 Å². The van der Waals surface area contributed by atoms with Gasteiger partial charge in [-0.25, -0.2) is 0 Å². The molecular weight excluding hydrogens is 475 g/mol. The molecule has 0 spiro atoms. The van der Waals surface area contributed by atoms with Crippen molar-refractivity contribution in [3.8, 4) is 0 Å². The average molecular weight is 510 g/mol. The second-order valence-electron chi connectivity index (χ2n) is 9.61. The SMILES string of the molecule is CN(CCN1CCN(c2cccc(C(F)(F)F)c2)CC1)C(=O)C1(c2ccccc2)CCCCC1.Cl. The highest BCUT2D eigenvalue weighted by atomic mass is 35.5. The highest BCUT2D eigenvalue weighted by Crippen LogP contribution is 2.41. The normalized spacial score (nSPS) is 18.6. The van der Waals surface area contributed by atoms with Crippen molar-refractivity contribution < 1.29 is 18.0 Å². The number of amides is 1. The molecule has 4 nitrogen and oxygen atoms in total. The van der Waals surface area contributed by atoms with Crippen molar-refractivity contribution in [1.82, 2.24) is 9.80 Å². The molecule has 0 bridgehead atoms. The van der Waals surface area contributed by atoms with Crippen LogP contribution >= 0.6 is 12.4 Å². The first kappa shape index (κ1) is 27.3. The van der Waals surface area contributed by atoms with Gasteiger partial charge in [-0.3, -0.25) is 9.69 Å². The molecule has 0 radical (unpaired) electrons. The number of rotatable bonds is 6. The van der Waals surface area contributed by atoms with Crippen molar-refractivity contribution in [3.05, 3.63) is 65.7 Å². The van der Waals surface area contributed by atoms with Crippen molar-refractivity contribution >= 4 is 24.0 Å². The molecule has 1 amide bonds. The van der Waals surface area contributed by atoms with E-state index < -0.39 is 17.2 Å². The maximum absolute atomic E-state index is 13.7. The third-order valence-electron chi connectivity index (χ3n) is 7.45. The summed E-state index contributed by atoms with van der Waals surface area (Å²) in [6, 6.07) is 15.8. The van der Waals surface area contributed by atoms with E-state index in [1.54, 1.807) is 6.07 Å². The van der Waals surface area contributed by atoms with E-state index >= 15 is 0 Å². The number of carbonyl (C=O) groups excluding carboxylic acids is 1. The Morgan fingerprint density at radius 3 is 2.23 bits per heavy atom. The summed E-state index contributed by atoms with van der Waals surface area (Å²) >= 11 is 0. The molecule has 4 rings (SSSR count). The first-order chi connectivity index (χ1) is 16.3. The number of halogens is 4. The predicted octanol–water partition coefficient (Wildman–Crippen LogP) is 5.61. The van der Waals surface area contributed by atoms with E-state index in [9.17, 15) is 18.0 Å². The number of piperazine rings is 1. The van der Waals surface area contributed by atoms with Crippen LogP contribution in [0.2, 0.25) is 0 Å². The van der Waals surface area contributed by atoms with Crippen molar-refractivity contribution in [2.24, 2.45) is 0 Å². The van der Waals surface area contributed by atoms with Crippen molar-refractivity contribution in [3.63, 3.8) is 0 Å². The van der Waals surface area contributed by atoms with Gasteiger partial charge in [-0.2, -0.15) is 13.2 Å². The van der Waals surface area contributed by atoms with Gasteiger partial charge in [-0.15, -0.1) is 12.4 Å². The van der Waals surface area contributed by atoms with E-state index in [0.717, 1.165) is 56.9 Å². The number of nitrogens with zero attached hydrogens (tertiary/aromatic N) is 3. The first-order valence-corrected chi connectivity index (χ1v) is 12.3. The Balaban J connectivity index is 0.00000342. The maximum atomic E-state index is 13.7. The second kappa shape index (κ2) is 11.7. The highest BCUT2D eigenvalue weighted by molar-refractivity contribution is 5.88. The Bertz CT molecular complexity index is 956. The van der Waals surface area contributed by atoms with Crippen molar-refractivity contribution in [2.45, 2.75) is 43.7 Å². The van der Waals surface area contributed by atoms with Gasteiger partial charge < -0.3 is 9.80 Å². The van der Waals surface area contributed by atoms with Crippen LogP contribution in [0.3, 0.4) is 0 Å². The van der Waals surface area contributed by atoms with Crippen LogP contribution in [-0.2, 0) is 16.4 Å². The Morgan fingerprint density at radius 1 is 0.943 bits per heavy atom. The zero-order valence-corrected chi connectivity index (χ0v) is 21.1. The van der Waals surface area contributed by atoms with E-state index in [0.29, 0.717) is 25.3 Å². The lowest BCUT2D eigenvalue weighted by molar-refractivity contribution is -0.138. The first-order valence-electron chi connectivity index (χ1n) is 12.3. The van der Waals surface area contributed by atoms with Gasteiger partial charge in [0.05, 0.1) is 11.0 Å². The highest BCUT2D eigenvalue weighted by Gasteiger charge is 2.42. The fourth-order valence-corrected chi connectivity index (χ4v) is 5.41. The standard InChI is InChI=1S/C27H34F3N3O.ClH/c1-31(25(34)26(13-6-3-7-14-26)22-9-4-2-5-10-22)15-16-32-17-19-33(20-18-32)24-12-8-11-23(21-24)27(28,29)30;/h2,4-5,8-12,21H,3,6-7,13-20H2,1H3;1H. The van der Waals surface area contributed by atoms with Gasteiger partial charge in [0.25, 0.3) is 0 Å². The molecule has 0 aromatic heterocycles. The smallest absolute Gasteiger partial charge is 0.369 e. The van der Waals surface area contributed by atoms with Crippen LogP contribution in [0.4, 0.5) is 18.9 Å². The van der Waals surface area contributed by atoms with E-state index in [2.05, 4.69) is 17.0 Å². The molecule has 0 N–H and O–H groups in total. The molecule has 1 saturated carbocycles. The summed E-state index contributed by atoms with van der Waals surface area (Å²) in [5.74, 6) is 0.209. The lowest BCUT2D eigenvalue weighted by Crippen LogP contribution is -2.51. The van der Waals surface area contributed by atoms with Crippen LogP contribution in [-0.4, -0.2) is 62.0 Å². The minimum atomic E-state index is -4.33. The Hall–Kier alpha value is -2.25. The summed E-state index contributed by atoms with van der Waals surface area (Å²) < 4.78 is 39.1. The quantitative estimate of drug-likeness (QED) is 0.506. The van der Waals surface area contributed by atoms with Gasteiger partial charge in [0.15, 0.2) is 0 Å². The average Bonchev–Trinajstić information content (AvgIpc) is 2.87. The van der Waals surface area contributed by atoms with Gasteiger partial charge in [-0.1, -0.05) is 55.7 Å². The summed E-state index contributed by atoms with van der Waals surface area (Å²) in [6.45, 7) is 4.30. The topological polar surface area (TPSA) is 26.8 Å². The number of benzene rings is 2. The van der Waals surface area contributed by atoms with Crippen LogP contribution in [0.15, 0.2) is 54.6 Å². The van der Waals surface area contributed by atoms with E-state index in [1.807, 2.05) is 35.0 Å². The number of anilines is 1. The molecular formula is C27H35ClF3N3O. The van der Waals surface area contributed by atoms with Crippen LogP contribution in [0, 0.1) is 0 Å². The van der Waals surface area contributed by atoms with E-state index in [-0.39, 0.29) is 18.3 Å². The molecule has 35 heavy (non-hydrogen) atoms. The molecule has 1 aliphatic heterocycles. The number of hydrogen-bond acceptors (Lipinski definition) is 3. The zero-order chi connectivity index (χ0) is 24.2. The van der Waals surface area contributed by atoms with Crippen LogP contribution in [0.5, 0.6) is 0 Å². The third kappa shape index (κ3) is 6.31. The molecule has 1 aliphatic carbocycles. The molecule has 1 saturated heterocycles. The molecule has 2 aliphatic rings. The van der Waals surface area contributed by atoms with Gasteiger partial charge in [0.1, 0.15) is 0 Å². The fraction of sp³-hybridized carbons (Fsp3) is 0.519. The number of alkyl halides is 3. The Kier molecular flexibility index (Phi) is 9.11. The van der Waals surface area contributed by atoms with Crippen LogP contribution in [0.1, 0.15) is 43.2 Å². The lowest BCUT2D eigenvalue weighted by atomic mass is 9.68. The second-order valence-corrected chi connectivity index (χ2v) is 9.61. The van der Waals surface area contributed by atoms with E-state index in [1.165, 1.54) is 18.6 Å². The van der Waals surface area contributed by atoms with Crippen molar-refractivity contribution in [2.75, 3.05) is 51.2 Å². The van der Waals surface area contributed by atoms with Crippen LogP contribution in [0.25, 0.3) is 0 Å². The summed E-state index contributed by atoms with van der Waals surface area (Å²) in [4.78, 5) is 19.8. The number of hydrogen-bond donors (Lipinski definition) is 0. The minimum Gasteiger partial charge on any atom is -0.369 e. The third-order valence-corrected chi connectivity index (χ3v) is 7.45. The summed E-state index contributed by atoms with van der Waals surface area (Å²) in [5.41, 5.74) is 0.712. The predicted molar refractivity (Wildman–Crippen MR) is 136 cm³/mol. The molecule has 0 atom stereocenters. The monoisotopic (exact) mass is 509 g/mol. The summed E-state index contributed by atoms with van der Waals surface area (Å²) in [5, 5.41) is 0. The van der Waals surface area contributed by atoms with Crippen LogP contribution < -0.4 is 4.90 Å². The largest absolute Gasteiger partial charge is 0.416 e. The molecule has 2 aromatic carbocycles. The lowest BCUT2D eigenvalue weighted by Gasteiger charge is -2.40. The molecule has 0 unspecified atom stereocenters. The van der Waals surface area contributed by atoms with Gasteiger partial charge >= 0.3 is 6.18 Å². The summed E-state index contributed by atoms with van der Waals surface area (Å²) in [6.07, 6.45) is 0.801. The number of likely N-dealkylation sites (N-methyl/N-ethyl adjacent to an activating group) is 1. The molecule has 2 fully saturated rings. The van der Waals surface area contributed by atoms with Gasteiger partial charge in [0.2, 0.25) is 5.91 Å². The van der Waals surface area contributed by atoms with E-state index in [4.69, 9.17) is 0 Å². The van der Waals surface area contributed by atoms with Crippen molar-refractivity contribution in [1.29, 1.82) is 0 Å². The number of carbonyl (C=O) groups is 1.